The van der Waals surface area contributed by atoms with Gasteiger partial charge in [0.25, 0.3) is 0 Å². The average Bonchev–Trinajstić information content (AvgIpc) is 2.26. The Morgan fingerprint density at radius 2 is 2.07 bits per heavy atom. The predicted octanol–water partition coefficient (Wildman–Crippen LogP) is 3.76. The smallest absolute Gasteiger partial charge is 0.133 e. The summed E-state index contributed by atoms with van der Waals surface area (Å²) >= 11 is 6.88. The van der Waals surface area contributed by atoms with Gasteiger partial charge in [-0.3, -0.25) is 0 Å². The molecule has 2 nitrogen and oxygen atoms in total. The summed E-state index contributed by atoms with van der Waals surface area (Å²) < 4.78 is 11.6. The van der Waals surface area contributed by atoms with Crippen LogP contribution in [0.2, 0.25) is 0 Å². The zero-order valence-corrected chi connectivity index (χ0v) is 11.8. The summed E-state index contributed by atoms with van der Waals surface area (Å²) in [5.41, 5.74) is 1.21. The number of methoxy groups -OCH3 is 1. The lowest BCUT2D eigenvalue weighted by atomic mass is 10.2. The minimum Gasteiger partial charge on any atom is -0.492 e. The van der Waals surface area contributed by atoms with E-state index in [0.29, 0.717) is 6.61 Å². The quantitative estimate of drug-likeness (QED) is 0.581. The van der Waals surface area contributed by atoms with Crippen molar-refractivity contribution >= 4 is 31.9 Å². The normalized spacial score (nSPS) is 10.3. The van der Waals surface area contributed by atoms with Gasteiger partial charge in [0.05, 0.1) is 11.1 Å². The molecule has 0 heterocycles. The Kier molecular flexibility index (Phi) is 6.29. The van der Waals surface area contributed by atoms with E-state index in [1.807, 2.05) is 12.1 Å². The van der Waals surface area contributed by atoms with E-state index in [4.69, 9.17) is 9.47 Å². The first-order chi connectivity index (χ1) is 7.27. The first-order valence-electron chi connectivity index (χ1n) is 4.74. The highest BCUT2D eigenvalue weighted by atomic mass is 79.9. The van der Waals surface area contributed by atoms with Crippen LogP contribution in [0.25, 0.3) is 0 Å². The highest BCUT2D eigenvalue weighted by molar-refractivity contribution is 9.10. The molecule has 0 saturated carbocycles. The van der Waals surface area contributed by atoms with Crippen LogP contribution in [0.5, 0.6) is 5.75 Å². The largest absolute Gasteiger partial charge is 0.492 e. The Morgan fingerprint density at radius 3 is 2.73 bits per heavy atom. The molecule has 0 saturated heterocycles. The molecule has 1 rings (SSSR count). The molecule has 84 valence electrons. The molecule has 15 heavy (non-hydrogen) atoms. The van der Waals surface area contributed by atoms with Gasteiger partial charge in [0.2, 0.25) is 0 Å². The molecule has 0 atom stereocenters. The van der Waals surface area contributed by atoms with E-state index in [-0.39, 0.29) is 0 Å². The van der Waals surface area contributed by atoms with E-state index >= 15 is 0 Å². The van der Waals surface area contributed by atoms with Gasteiger partial charge in [-0.15, -0.1) is 0 Å². The number of hydrogen-bond acceptors (Lipinski definition) is 2. The van der Waals surface area contributed by atoms with Gasteiger partial charge in [-0.25, -0.2) is 0 Å². The second kappa shape index (κ2) is 7.25. The lowest BCUT2D eigenvalue weighted by molar-refractivity contribution is 0.172. The molecule has 1 aromatic rings. The van der Waals surface area contributed by atoms with Crippen molar-refractivity contribution in [1.29, 1.82) is 0 Å². The summed E-state index contributed by atoms with van der Waals surface area (Å²) in [5, 5.41) is 0.842. The maximum Gasteiger partial charge on any atom is 0.133 e. The molecular weight excluding hydrogens is 324 g/mol. The lowest BCUT2D eigenvalue weighted by Crippen LogP contribution is -2.02. The summed E-state index contributed by atoms with van der Waals surface area (Å²) in [6, 6.07) is 6.09. The van der Waals surface area contributed by atoms with Crippen molar-refractivity contribution in [2.45, 2.75) is 11.8 Å². The number of halogens is 2. The Morgan fingerprint density at radius 1 is 1.27 bits per heavy atom. The first kappa shape index (κ1) is 13.0. The van der Waals surface area contributed by atoms with Crippen molar-refractivity contribution < 1.29 is 9.47 Å². The van der Waals surface area contributed by atoms with E-state index in [2.05, 4.69) is 37.9 Å². The topological polar surface area (TPSA) is 18.5 Å². The van der Waals surface area contributed by atoms with E-state index in [0.717, 1.165) is 28.6 Å². The maximum absolute atomic E-state index is 5.63. The summed E-state index contributed by atoms with van der Waals surface area (Å²) in [4.78, 5) is 0. The molecule has 0 fully saturated rings. The molecule has 1 aromatic carbocycles. The highest BCUT2D eigenvalue weighted by Gasteiger charge is 2.02. The Balaban J connectivity index is 2.51. The van der Waals surface area contributed by atoms with Crippen LogP contribution in [0.4, 0.5) is 0 Å². The molecule has 0 amide bonds. The lowest BCUT2D eigenvalue weighted by Gasteiger charge is -2.09. The summed E-state index contributed by atoms with van der Waals surface area (Å²) in [6.07, 6.45) is 0.904. The number of hydrogen-bond donors (Lipinski definition) is 0. The zero-order valence-electron chi connectivity index (χ0n) is 8.63. The molecule has 0 spiro atoms. The van der Waals surface area contributed by atoms with Gasteiger partial charge in [-0.2, -0.15) is 0 Å². The van der Waals surface area contributed by atoms with Crippen LogP contribution in [0.15, 0.2) is 22.7 Å². The molecule has 0 bridgehead atoms. The third-order valence-electron chi connectivity index (χ3n) is 1.90. The average molecular weight is 338 g/mol. The molecule has 0 aliphatic heterocycles. The number of alkyl halides is 1. The highest BCUT2D eigenvalue weighted by Crippen LogP contribution is 2.26. The Labute approximate surface area is 107 Å². The fourth-order valence-electron chi connectivity index (χ4n) is 1.13. The second-order valence-corrected chi connectivity index (χ2v) is 4.51. The van der Waals surface area contributed by atoms with Gasteiger partial charge in [0, 0.05) is 25.5 Å². The van der Waals surface area contributed by atoms with Gasteiger partial charge in [0.15, 0.2) is 0 Å². The molecule has 0 radical (unpaired) electrons. The Hall–Kier alpha value is -0.0600. The number of rotatable bonds is 6. The fourth-order valence-corrected chi connectivity index (χ4v) is 1.84. The monoisotopic (exact) mass is 336 g/mol. The van der Waals surface area contributed by atoms with Gasteiger partial charge in [0.1, 0.15) is 5.75 Å². The number of ether oxygens (including phenoxy) is 2. The first-order valence-corrected chi connectivity index (χ1v) is 6.65. The third kappa shape index (κ3) is 4.53. The predicted molar refractivity (Wildman–Crippen MR) is 68.8 cm³/mol. The summed E-state index contributed by atoms with van der Waals surface area (Å²) in [5.74, 6) is 0.892. The molecule has 0 aliphatic carbocycles. The molecule has 0 unspecified atom stereocenters. The van der Waals surface area contributed by atoms with Gasteiger partial charge in [-0.05, 0) is 33.6 Å². The van der Waals surface area contributed by atoms with Crippen LogP contribution in [-0.4, -0.2) is 20.3 Å². The van der Waals surface area contributed by atoms with Crippen molar-refractivity contribution in [2.24, 2.45) is 0 Å². The van der Waals surface area contributed by atoms with Crippen LogP contribution < -0.4 is 4.74 Å². The van der Waals surface area contributed by atoms with E-state index in [1.165, 1.54) is 5.56 Å². The van der Waals surface area contributed by atoms with Crippen molar-refractivity contribution in [3.05, 3.63) is 28.2 Å². The SMILES string of the molecule is COCCCOc1cc(CBr)ccc1Br. The van der Waals surface area contributed by atoms with E-state index in [9.17, 15) is 0 Å². The third-order valence-corrected chi connectivity index (χ3v) is 3.20. The van der Waals surface area contributed by atoms with Crippen molar-refractivity contribution in [2.75, 3.05) is 20.3 Å². The van der Waals surface area contributed by atoms with E-state index in [1.54, 1.807) is 7.11 Å². The van der Waals surface area contributed by atoms with Gasteiger partial charge in [-0.1, -0.05) is 22.0 Å². The standard InChI is InChI=1S/C11H14Br2O2/c1-14-5-2-6-15-11-7-9(8-12)3-4-10(11)13/h3-4,7H,2,5-6,8H2,1H3. The molecule has 0 aromatic heterocycles. The van der Waals surface area contributed by atoms with Crippen LogP contribution >= 0.6 is 31.9 Å². The summed E-state index contributed by atoms with van der Waals surface area (Å²) in [7, 11) is 1.70. The minimum atomic E-state index is 0.679. The molecule has 4 heteroatoms. The zero-order chi connectivity index (χ0) is 11.1. The number of benzene rings is 1. The fraction of sp³-hybridized carbons (Fsp3) is 0.455. The minimum absolute atomic E-state index is 0.679. The second-order valence-electron chi connectivity index (χ2n) is 3.09. The van der Waals surface area contributed by atoms with Crippen LogP contribution in [0.1, 0.15) is 12.0 Å². The van der Waals surface area contributed by atoms with Gasteiger partial charge >= 0.3 is 0 Å². The maximum atomic E-state index is 5.63. The van der Waals surface area contributed by atoms with Crippen LogP contribution in [-0.2, 0) is 10.1 Å². The van der Waals surface area contributed by atoms with E-state index < -0.39 is 0 Å². The molecule has 0 aliphatic rings. The summed E-state index contributed by atoms with van der Waals surface area (Å²) in [6.45, 7) is 1.41. The van der Waals surface area contributed by atoms with Crippen molar-refractivity contribution in [3.8, 4) is 5.75 Å². The van der Waals surface area contributed by atoms with Crippen molar-refractivity contribution in [1.82, 2.24) is 0 Å². The van der Waals surface area contributed by atoms with Crippen LogP contribution in [0, 0.1) is 0 Å². The molecular formula is C11H14Br2O2. The molecule has 0 N–H and O–H groups in total. The Bertz CT molecular complexity index is 303. The van der Waals surface area contributed by atoms with Crippen LogP contribution in [0.3, 0.4) is 0 Å². The van der Waals surface area contributed by atoms with Gasteiger partial charge < -0.3 is 9.47 Å². The van der Waals surface area contributed by atoms with Crippen molar-refractivity contribution in [3.63, 3.8) is 0 Å².